The number of likely N-dealkylation sites (tertiary alicyclic amines) is 1. The molecule has 29 heavy (non-hydrogen) atoms. The first-order valence-corrected chi connectivity index (χ1v) is 10.3. The third-order valence-corrected chi connectivity index (χ3v) is 5.64. The summed E-state index contributed by atoms with van der Waals surface area (Å²) in [4.78, 5) is 22.9. The van der Waals surface area contributed by atoms with E-state index in [0.717, 1.165) is 28.1 Å². The van der Waals surface area contributed by atoms with E-state index in [1.165, 1.54) is 6.08 Å². The van der Waals surface area contributed by atoms with Crippen molar-refractivity contribution in [1.82, 2.24) is 24.6 Å². The van der Waals surface area contributed by atoms with Gasteiger partial charge in [-0.2, -0.15) is 10.1 Å². The van der Waals surface area contributed by atoms with Crippen LogP contribution < -0.4 is 10.6 Å². The molecule has 0 unspecified atom stereocenters. The molecule has 9 nitrogen and oxygen atoms in total. The van der Waals surface area contributed by atoms with Gasteiger partial charge in [-0.25, -0.2) is 4.98 Å². The molecular weight excluding hydrogens is 390 g/mol. The molecule has 0 bridgehead atoms. The monoisotopic (exact) mass is 413 g/mol. The minimum atomic E-state index is -0.0360. The quantitative estimate of drug-likeness (QED) is 0.548. The number of hydrogen-bond donors (Lipinski definition) is 2. The number of rotatable bonds is 8. The lowest BCUT2D eigenvalue weighted by Gasteiger charge is -2.16. The van der Waals surface area contributed by atoms with Crippen molar-refractivity contribution in [1.29, 1.82) is 0 Å². The van der Waals surface area contributed by atoms with Crippen molar-refractivity contribution < 1.29 is 9.53 Å². The summed E-state index contributed by atoms with van der Waals surface area (Å²) in [6, 6.07) is 2.12. The van der Waals surface area contributed by atoms with Crippen LogP contribution in [0.4, 0.5) is 17.5 Å². The molecule has 1 atom stereocenters. The van der Waals surface area contributed by atoms with Gasteiger partial charge in [-0.1, -0.05) is 6.58 Å². The highest BCUT2D eigenvalue weighted by molar-refractivity contribution is 7.17. The van der Waals surface area contributed by atoms with Crippen molar-refractivity contribution in [3.8, 4) is 0 Å². The van der Waals surface area contributed by atoms with Crippen LogP contribution in [0.1, 0.15) is 6.42 Å². The maximum absolute atomic E-state index is 11.8. The number of methoxy groups -OCH3 is 1. The molecule has 1 fully saturated rings. The Labute approximate surface area is 172 Å². The van der Waals surface area contributed by atoms with Crippen molar-refractivity contribution in [3.05, 3.63) is 36.5 Å². The summed E-state index contributed by atoms with van der Waals surface area (Å²) in [7, 11) is 1.66. The van der Waals surface area contributed by atoms with Crippen LogP contribution in [-0.2, 0) is 16.1 Å². The fraction of sp³-hybridized carbons (Fsp3) is 0.368. The Bertz CT molecular complexity index is 1020. The van der Waals surface area contributed by atoms with Gasteiger partial charge in [-0.15, -0.1) is 11.3 Å². The van der Waals surface area contributed by atoms with Crippen molar-refractivity contribution >= 4 is 44.9 Å². The molecule has 0 aromatic carbocycles. The van der Waals surface area contributed by atoms with Crippen molar-refractivity contribution in [2.75, 3.05) is 37.4 Å². The predicted molar refractivity (Wildman–Crippen MR) is 114 cm³/mol. The van der Waals surface area contributed by atoms with Gasteiger partial charge in [0.2, 0.25) is 11.9 Å². The molecule has 0 aliphatic carbocycles. The van der Waals surface area contributed by atoms with Crippen LogP contribution in [0.2, 0.25) is 0 Å². The molecule has 3 aromatic heterocycles. The Balaban J connectivity index is 1.51. The van der Waals surface area contributed by atoms with E-state index in [2.05, 4.69) is 32.3 Å². The molecule has 4 rings (SSSR count). The maximum atomic E-state index is 11.8. The first kappa shape index (κ1) is 19.3. The van der Waals surface area contributed by atoms with Gasteiger partial charge in [0.1, 0.15) is 5.82 Å². The number of thiophene rings is 1. The van der Waals surface area contributed by atoms with E-state index in [0.29, 0.717) is 32.2 Å². The van der Waals surface area contributed by atoms with Gasteiger partial charge in [0.25, 0.3) is 0 Å². The van der Waals surface area contributed by atoms with Crippen LogP contribution >= 0.6 is 11.3 Å². The van der Waals surface area contributed by atoms with E-state index >= 15 is 0 Å². The topological polar surface area (TPSA) is 97.2 Å². The molecule has 152 valence electrons. The summed E-state index contributed by atoms with van der Waals surface area (Å²) in [6.45, 7) is 6.19. The average molecular weight is 414 g/mol. The smallest absolute Gasteiger partial charge is 0.246 e. The Kier molecular flexibility index (Phi) is 5.72. The lowest BCUT2D eigenvalue weighted by atomic mass is 10.2. The molecule has 0 spiro atoms. The zero-order valence-electron chi connectivity index (χ0n) is 16.2. The molecule has 1 aliphatic rings. The highest BCUT2D eigenvalue weighted by Crippen LogP contribution is 2.29. The number of fused-ring (bicyclic) bond motifs is 1. The number of aromatic nitrogens is 4. The van der Waals surface area contributed by atoms with Gasteiger partial charge in [0, 0.05) is 32.4 Å². The normalized spacial score (nSPS) is 16.3. The summed E-state index contributed by atoms with van der Waals surface area (Å²) >= 11 is 1.59. The summed E-state index contributed by atoms with van der Waals surface area (Å²) in [5.41, 5.74) is 1.68. The lowest BCUT2D eigenvalue weighted by Crippen LogP contribution is -2.30. The predicted octanol–water partition coefficient (Wildman–Crippen LogP) is 2.48. The molecule has 1 saturated heterocycles. The highest BCUT2D eigenvalue weighted by Gasteiger charge is 2.26. The molecule has 10 heteroatoms. The number of anilines is 3. The zero-order valence-corrected chi connectivity index (χ0v) is 17.0. The molecule has 0 radical (unpaired) electrons. The zero-order chi connectivity index (χ0) is 20.2. The number of amides is 1. The molecular formula is C19H23N7O2S. The van der Waals surface area contributed by atoms with Crippen LogP contribution in [0.5, 0.6) is 0 Å². The van der Waals surface area contributed by atoms with Crippen LogP contribution in [0.25, 0.3) is 10.2 Å². The van der Waals surface area contributed by atoms with Crippen LogP contribution in [-0.4, -0.2) is 63.4 Å². The number of nitrogens with zero attached hydrogens (tertiary/aromatic N) is 5. The van der Waals surface area contributed by atoms with E-state index in [-0.39, 0.29) is 11.9 Å². The fourth-order valence-corrected chi connectivity index (χ4v) is 4.07. The van der Waals surface area contributed by atoms with Crippen molar-refractivity contribution in [3.63, 3.8) is 0 Å². The number of carbonyl (C=O) groups is 1. The fourth-order valence-electron chi connectivity index (χ4n) is 3.28. The Hall–Kier alpha value is -2.98. The molecule has 1 aliphatic heterocycles. The number of ether oxygens (including phenoxy) is 1. The van der Waals surface area contributed by atoms with Gasteiger partial charge >= 0.3 is 0 Å². The third-order valence-electron chi connectivity index (χ3n) is 4.73. The summed E-state index contributed by atoms with van der Waals surface area (Å²) < 4.78 is 7.88. The van der Waals surface area contributed by atoms with E-state index in [1.807, 2.05) is 17.6 Å². The van der Waals surface area contributed by atoms with Crippen molar-refractivity contribution in [2.24, 2.45) is 0 Å². The Morgan fingerprint density at radius 3 is 3.21 bits per heavy atom. The van der Waals surface area contributed by atoms with Crippen molar-refractivity contribution in [2.45, 2.75) is 19.0 Å². The second kappa shape index (κ2) is 8.58. The largest absolute Gasteiger partial charge is 0.383 e. The highest BCUT2D eigenvalue weighted by atomic mass is 32.1. The minimum absolute atomic E-state index is 0.0360. The summed E-state index contributed by atoms with van der Waals surface area (Å²) in [5, 5.41) is 13.0. The maximum Gasteiger partial charge on any atom is 0.246 e. The summed E-state index contributed by atoms with van der Waals surface area (Å²) in [5.74, 6) is 1.24. The van der Waals surface area contributed by atoms with Gasteiger partial charge in [-0.05, 0) is 23.9 Å². The van der Waals surface area contributed by atoms with Gasteiger partial charge < -0.3 is 20.3 Å². The Morgan fingerprint density at radius 1 is 1.48 bits per heavy atom. The minimum Gasteiger partial charge on any atom is -0.383 e. The van der Waals surface area contributed by atoms with Crippen LogP contribution in [0.15, 0.2) is 36.5 Å². The second-order valence-electron chi connectivity index (χ2n) is 6.76. The number of carbonyl (C=O) groups excluding carboxylic acids is 1. The molecule has 2 N–H and O–H groups in total. The van der Waals surface area contributed by atoms with E-state index in [9.17, 15) is 4.79 Å². The molecule has 1 amide bonds. The standard InChI is InChI=1S/C19H23N7O2S/c1-3-16(27)25-6-4-13(11-25)21-18-17-15(5-9-29-17)23-19(24-18)22-14-10-20-26(12-14)7-8-28-2/h3,5,9-10,12-13H,1,4,6-8,11H2,2H3,(H2,21,22,23,24)/t13-/m1/s1. The van der Waals surface area contributed by atoms with E-state index < -0.39 is 0 Å². The Morgan fingerprint density at radius 2 is 2.38 bits per heavy atom. The number of hydrogen-bond acceptors (Lipinski definition) is 8. The second-order valence-corrected chi connectivity index (χ2v) is 7.68. The summed E-state index contributed by atoms with van der Waals surface area (Å²) in [6.07, 6.45) is 5.85. The van der Waals surface area contributed by atoms with Gasteiger partial charge in [0.15, 0.2) is 0 Å². The van der Waals surface area contributed by atoms with Crippen LogP contribution in [0.3, 0.4) is 0 Å². The molecule has 0 saturated carbocycles. The SMILES string of the molecule is C=CC(=O)N1CC[C@@H](Nc2nc(Nc3cnn(CCOC)c3)nc3ccsc23)C1. The molecule has 3 aromatic rings. The van der Waals surface area contributed by atoms with E-state index in [1.54, 1.807) is 34.2 Å². The van der Waals surface area contributed by atoms with Crippen LogP contribution in [0, 0.1) is 0 Å². The number of nitrogens with one attached hydrogen (secondary N) is 2. The first-order chi connectivity index (χ1) is 14.2. The van der Waals surface area contributed by atoms with E-state index in [4.69, 9.17) is 4.74 Å². The van der Waals surface area contributed by atoms with Gasteiger partial charge in [-0.3, -0.25) is 9.48 Å². The third kappa shape index (κ3) is 4.38. The first-order valence-electron chi connectivity index (χ1n) is 9.38. The average Bonchev–Trinajstić information content (AvgIpc) is 3.46. The van der Waals surface area contributed by atoms with Gasteiger partial charge in [0.05, 0.1) is 35.3 Å². The molecule has 4 heterocycles. The lowest BCUT2D eigenvalue weighted by molar-refractivity contribution is -0.125.